The monoisotopic (exact) mass is 361 g/mol. The first-order valence-corrected chi connectivity index (χ1v) is 9.25. The third-order valence-corrected chi connectivity index (χ3v) is 4.81. The molecule has 0 bridgehead atoms. The van der Waals surface area contributed by atoms with Crippen molar-refractivity contribution in [1.29, 1.82) is 0 Å². The van der Waals surface area contributed by atoms with Crippen LogP contribution in [0.2, 0.25) is 0 Å². The summed E-state index contributed by atoms with van der Waals surface area (Å²) in [5, 5.41) is 2.58. The van der Waals surface area contributed by atoms with Gasteiger partial charge in [0.05, 0.1) is 0 Å². The number of benzene rings is 1. The molecule has 1 aromatic rings. The number of ether oxygens (including phenoxy) is 2. The van der Waals surface area contributed by atoms with E-state index in [1.807, 2.05) is 17.0 Å². The molecule has 1 saturated heterocycles. The first-order chi connectivity index (χ1) is 12.7. The van der Waals surface area contributed by atoms with Gasteiger partial charge in [0.15, 0.2) is 11.5 Å². The number of fused-ring (bicyclic) bond motifs is 1. The van der Waals surface area contributed by atoms with E-state index in [1.54, 1.807) is 7.05 Å². The van der Waals surface area contributed by atoms with Gasteiger partial charge in [-0.05, 0) is 24.1 Å². The van der Waals surface area contributed by atoms with Crippen LogP contribution in [0.4, 0.5) is 0 Å². The zero-order valence-corrected chi connectivity index (χ0v) is 15.3. The molecule has 0 spiro atoms. The summed E-state index contributed by atoms with van der Waals surface area (Å²) in [7, 11) is 1.62. The van der Waals surface area contributed by atoms with E-state index in [0.717, 1.165) is 44.2 Å². The van der Waals surface area contributed by atoms with Crippen molar-refractivity contribution in [2.24, 2.45) is 0 Å². The Bertz CT molecular complexity index is 642. The minimum absolute atomic E-state index is 0.0120. The van der Waals surface area contributed by atoms with Crippen molar-refractivity contribution in [3.05, 3.63) is 23.8 Å². The molecule has 0 atom stereocenters. The lowest BCUT2D eigenvalue weighted by atomic mass is 10.1. The Balaban J connectivity index is 1.42. The van der Waals surface area contributed by atoms with Crippen molar-refractivity contribution in [2.45, 2.75) is 25.8 Å². The second kappa shape index (κ2) is 8.89. The third kappa shape index (κ3) is 4.88. The Kier molecular flexibility index (Phi) is 6.33. The smallest absolute Gasteiger partial charge is 0.222 e. The Hall–Kier alpha value is -2.28. The van der Waals surface area contributed by atoms with Crippen molar-refractivity contribution in [3.63, 3.8) is 0 Å². The highest BCUT2D eigenvalue weighted by atomic mass is 16.6. The number of nitrogens with one attached hydrogen (secondary N) is 1. The van der Waals surface area contributed by atoms with Crippen LogP contribution in [0.25, 0.3) is 0 Å². The van der Waals surface area contributed by atoms with Gasteiger partial charge in [-0.2, -0.15) is 0 Å². The Labute approximate surface area is 154 Å². The van der Waals surface area contributed by atoms with Gasteiger partial charge in [0.25, 0.3) is 0 Å². The first kappa shape index (κ1) is 18.5. The van der Waals surface area contributed by atoms with E-state index in [0.29, 0.717) is 32.5 Å². The molecule has 1 fully saturated rings. The maximum absolute atomic E-state index is 12.2. The number of carbonyl (C=O) groups excluding carboxylic acids is 2. The molecule has 0 unspecified atom stereocenters. The van der Waals surface area contributed by atoms with Gasteiger partial charge < -0.3 is 19.7 Å². The molecule has 2 heterocycles. The van der Waals surface area contributed by atoms with Crippen LogP contribution in [0.3, 0.4) is 0 Å². The standard InChI is InChI=1S/C19H27N3O4/c1-20-18(23)3-2-4-19(24)22-9-7-21(8-10-22)14-15-5-6-16-17(13-15)26-12-11-25-16/h5-6,13H,2-4,7-12,14H2,1H3,(H,20,23). The third-order valence-electron chi connectivity index (χ3n) is 4.81. The fraction of sp³-hybridized carbons (Fsp3) is 0.579. The van der Waals surface area contributed by atoms with Crippen molar-refractivity contribution < 1.29 is 19.1 Å². The van der Waals surface area contributed by atoms with Crippen LogP contribution in [-0.4, -0.2) is 68.1 Å². The van der Waals surface area contributed by atoms with Gasteiger partial charge in [0.2, 0.25) is 11.8 Å². The minimum atomic E-state index is -0.0120. The summed E-state index contributed by atoms with van der Waals surface area (Å²) in [5.74, 6) is 1.76. The van der Waals surface area contributed by atoms with Crippen LogP contribution in [0.5, 0.6) is 11.5 Å². The van der Waals surface area contributed by atoms with Gasteiger partial charge in [-0.1, -0.05) is 6.07 Å². The van der Waals surface area contributed by atoms with Crippen molar-refractivity contribution in [3.8, 4) is 11.5 Å². The molecule has 2 amide bonds. The molecule has 0 radical (unpaired) electrons. The predicted octanol–water partition coefficient (Wildman–Crippen LogP) is 1.02. The number of amides is 2. The molecule has 0 saturated carbocycles. The van der Waals surface area contributed by atoms with Gasteiger partial charge in [-0.3, -0.25) is 14.5 Å². The molecule has 1 aromatic carbocycles. The Morgan fingerprint density at radius 1 is 1.04 bits per heavy atom. The topological polar surface area (TPSA) is 71.1 Å². The highest BCUT2D eigenvalue weighted by Crippen LogP contribution is 2.31. The second-order valence-electron chi connectivity index (χ2n) is 6.66. The first-order valence-electron chi connectivity index (χ1n) is 9.25. The molecule has 1 N–H and O–H groups in total. The van der Waals surface area contributed by atoms with Crippen LogP contribution in [0.1, 0.15) is 24.8 Å². The summed E-state index contributed by atoms with van der Waals surface area (Å²) in [6.07, 6.45) is 1.46. The molecular formula is C19H27N3O4. The summed E-state index contributed by atoms with van der Waals surface area (Å²) >= 11 is 0. The van der Waals surface area contributed by atoms with Crippen molar-refractivity contribution >= 4 is 11.8 Å². The molecule has 2 aliphatic heterocycles. The molecule has 0 aliphatic carbocycles. The Morgan fingerprint density at radius 3 is 2.50 bits per heavy atom. The predicted molar refractivity (Wildman–Crippen MR) is 97.2 cm³/mol. The minimum Gasteiger partial charge on any atom is -0.486 e. The van der Waals surface area contributed by atoms with Crippen LogP contribution in [0.15, 0.2) is 18.2 Å². The molecule has 7 nitrogen and oxygen atoms in total. The summed E-state index contributed by atoms with van der Waals surface area (Å²) in [6.45, 7) is 5.23. The average molecular weight is 361 g/mol. The van der Waals surface area contributed by atoms with Gasteiger partial charge in [0.1, 0.15) is 13.2 Å². The molecule has 3 rings (SSSR count). The van der Waals surface area contributed by atoms with Gasteiger partial charge in [-0.25, -0.2) is 0 Å². The molecule has 142 valence electrons. The van der Waals surface area contributed by atoms with Crippen LogP contribution in [0, 0.1) is 0 Å². The largest absolute Gasteiger partial charge is 0.486 e. The number of rotatable bonds is 6. The number of hydrogen-bond acceptors (Lipinski definition) is 5. The summed E-state index contributed by atoms with van der Waals surface area (Å²) < 4.78 is 11.2. The lowest BCUT2D eigenvalue weighted by Gasteiger charge is -2.35. The van der Waals surface area contributed by atoms with Gasteiger partial charge in [-0.15, -0.1) is 0 Å². The van der Waals surface area contributed by atoms with E-state index in [4.69, 9.17) is 9.47 Å². The van der Waals surface area contributed by atoms with Gasteiger partial charge >= 0.3 is 0 Å². The van der Waals surface area contributed by atoms with Crippen molar-refractivity contribution in [2.75, 3.05) is 46.4 Å². The number of carbonyl (C=O) groups is 2. The molecular weight excluding hydrogens is 334 g/mol. The van der Waals surface area contributed by atoms with E-state index in [1.165, 1.54) is 5.56 Å². The normalized spacial score (nSPS) is 17.0. The fourth-order valence-electron chi connectivity index (χ4n) is 3.28. The zero-order valence-electron chi connectivity index (χ0n) is 15.3. The van der Waals surface area contributed by atoms with E-state index < -0.39 is 0 Å². The van der Waals surface area contributed by atoms with Gasteiger partial charge in [0, 0.05) is 52.6 Å². The lowest BCUT2D eigenvalue weighted by Crippen LogP contribution is -2.48. The second-order valence-corrected chi connectivity index (χ2v) is 6.66. The maximum atomic E-state index is 12.2. The lowest BCUT2D eigenvalue weighted by molar-refractivity contribution is -0.133. The fourth-order valence-corrected chi connectivity index (χ4v) is 3.28. The molecule has 26 heavy (non-hydrogen) atoms. The number of nitrogens with zero attached hydrogens (tertiary/aromatic N) is 2. The molecule has 0 aromatic heterocycles. The summed E-state index contributed by atoms with van der Waals surface area (Å²) in [6, 6.07) is 6.09. The van der Waals surface area contributed by atoms with Crippen LogP contribution >= 0.6 is 0 Å². The molecule has 7 heteroatoms. The molecule has 2 aliphatic rings. The van der Waals surface area contributed by atoms with Crippen LogP contribution < -0.4 is 14.8 Å². The van der Waals surface area contributed by atoms with E-state index in [9.17, 15) is 9.59 Å². The van der Waals surface area contributed by atoms with E-state index >= 15 is 0 Å². The summed E-state index contributed by atoms with van der Waals surface area (Å²) in [5.41, 5.74) is 1.19. The summed E-state index contributed by atoms with van der Waals surface area (Å²) in [4.78, 5) is 27.7. The maximum Gasteiger partial charge on any atom is 0.222 e. The van der Waals surface area contributed by atoms with Crippen molar-refractivity contribution in [1.82, 2.24) is 15.1 Å². The number of hydrogen-bond donors (Lipinski definition) is 1. The number of piperazine rings is 1. The SMILES string of the molecule is CNC(=O)CCCC(=O)N1CCN(Cc2ccc3c(c2)OCCO3)CC1. The van der Waals surface area contributed by atoms with E-state index in [-0.39, 0.29) is 11.8 Å². The van der Waals surface area contributed by atoms with E-state index in [2.05, 4.69) is 16.3 Å². The highest BCUT2D eigenvalue weighted by Gasteiger charge is 2.21. The highest BCUT2D eigenvalue weighted by molar-refractivity contribution is 5.78. The average Bonchev–Trinajstić information content (AvgIpc) is 2.68. The zero-order chi connectivity index (χ0) is 18.4. The quantitative estimate of drug-likeness (QED) is 0.819. The van der Waals surface area contributed by atoms with Crippen LogP contribution in [-0.2, 0) is 16.1 Å². The Morgan fingerprint density at radius 2 is 1.77 bits per heavy atom.